The van der Waals surface area contributed by atoms with E-state index in [4.69, 9.17) is 12.2 Å². The van der Waals surface area contributed by atoms with Gasteiger partial charge in [0.1, 0.15) is 0 Å². The number of amides is 1. The lowest BCUT2D eigenvalue weighted by Gasteiger charge is -2.36. The van der Waals surface area contributed by atoms with Gasteiger partial charge >= 0.3 is 0 Å². The first-order chi connectivity index (χ1) is 11.8. The van der Waals surface area contributed by atoms with Crippen molar-refractivity contribution in [1.29, 1.82) is 0 Å². The van der Waals surface area contributed by atoms with Gasteiger partial charge < -0.3 is 15.5 Å². The third-order valence-corrected chi connectivity index (χ3v) is 4.48. The summed E-state index contributed by atoms with van der Waals surface area (Å²) in [6.45, 7) is 10.7. The number of nitrogens with zero attached hydrogens (tertiary/aromatic N) is 2. The topological polar surface area (TPSA) is 47.6 Å². The van der Waals surface area contributed by atoms with Gasteiger partial charge in [0.2, 0.25) is 5.91 Å². The van der Waals surface area contributed by atoms with Crippen LogP contribution in [0.2, 0.25) is 0 Å². The Labute approximate surface area is 156 Å². The van der Waals surface area contributed by atoms with E-state index in [2.05, 4.69) is 44.7 Å². The number of rotatable bonds is 5. The van der Waals surface area contributed by atoms with Crippen LogP contribution in [0.25, 0.3) is 0 Å². The van der Waals surface area contributed by atoms with Gasteiger partial charge in [0.25, 0.3) is 0 Å². The summed E-state index contributed by atoms with van der Waals surface area (Å²) in [4.78, 5) is 16.4. The zero-order valence-electron chi connectivity index (χ0n) is 15.5. The monoisotopic (exact) mass is 362 g/mol. The highest BCUT2D eigenvalue weighted by Crippen LogP contribution is 2.04. The molecule has 0 saturated carbocycles. The van der Waals surface area contributed by atoms with Crippen LogP contribution < -0.4 is 10.6 Å². The van der Waals surface area contributed by atoms with Crippen molar-refractivity contribution in [3.05, 3.63) is 35.9 Å². The van der Waals surface area contributed by atoms with E-state index in [1.165, 1.54) is 5.56 Å². The van der Waals surface area contributed by atoms with Crippen LogP contribution >= 0.6 is 12.2 Å². The fourth-order valence-corrected chi connectivity index (χ4v) is 3.12. The molecule has 1 fully saturated rings. The normalized spacial score (nSPS) is 15.7. The quantitative estimate of drug-likeness (QED) is 0.780. The van der Waals surface area contributed by atoms with Crippen molar-refractivity contribution in [1.82, 2.24) is 20.4 Å². The number of piperazine rings is 1. The summed E-state index contributed by atoms with van der Waals surface area (Å²) >= 11 is 5.50. The molecule has 0 radical (unpaired) electrons. The maximum atomic E-state index is 12.0. The average Bonchev–Trinajstić information content (AvgIpc) is 2.54. The lowest BCUT2D eigenvalue weighted by atomic mass is 10.1. The Balaban J connectivity index is 1.65. The van der Waals surface area contributed by atoms with E-state index < -0.39 is 0 Å². The van der Waals surface area contributed by atoms with Crippen LogP contribution in [0.15, 0.2) is 30.3 Å². The molecule has 1 amide bonds. The Hall–Kier alpha value is -1.66. The van der Waals surface area contributed by atoms with E-state index in [0.717, 1.165) is 44.3 Å². The van der Waals surface area contributed by atoms with E-state index in [9.17, 15) is 4.79 Å². The molecule has 0 spiro atoms. The SMILES string of the molecule is CC(C)(C)NC(=O)CN1CCN(C(=S)NCCc2ccccc2)CC1. The molecule has 1 saturated heterocycles. The largest absolute Gasteiger partial charge is 0.362 e. The standard InChI is InChI=1S/C19H30N4OS/c1-19(2,3)21-17(24)15-22-11-13-23(14-12-22)18(25)20-10-9-16-7-5-4-6-8-16/h4-8H,9-15H2,1-3H3,(H,20,25)(H,21,24). The lowest BCUT2D eigenvalue weighted by molar-refractivity contribution is -0.123. The van der Waals surface area contributed by atoms with E-state index >= 15 is 0 Å². The Morgan fingerprint density at radius 1 is 1.12 bits per heavy atom. The first kappa shape index (κ1) is 19.7. The molecule has 5 nitrogen and oxygen atoms in total. The summed E-state index contributed by atoms with van der Waals surface area (Å²) in [5.41, 5.74) is 1.14. The summed E-state index contributed by atoms with van der Waals surface area (Å²) in [7, 11) is 0. The highest BCUT2D eigenvalue weighted by Gasteiger charge is 2.22. The molecule has 25 heavy (non-hydrogen) atoms. The molecule has 0 aliphatic carbocycles. The fraction of sp³-hybridized carbons (Fsp3) is 0.579. The number of benzene rings is 1. The van der Waals surface area contributed by atoms with Gasteiger partial charge in [0, 0.05) is 38.3 Å². The maximum absolute atomic E-state index is 12.0. The third-order valence-electron chi connectivity index (χ3n) is 4.07. The molecule has 6 heteroatoms. The maximum Gasteiger partial charge on any atom is 0.234 e. The van der Waals surface area contributed by atoms with Gasteiger partial charge in [-0.05, 0) is 45.0 Å². The van der Waals surface area contributed by atoms with Gasteiger partial charge in [-0.1, -0.05) is 30.3 Å². The van der Waals surface area contributed by atoms with Gasteiger partial charge in [-0.15, -0.1) is 0 Å². The number of carbonyl (C=O) groups excluding carboxylic acids is 1. The van der Waals surface area contributed by atoms with Crippen molar-refractivity contribution >= 4 is 23.2 Å². The minimum Gasteiger partial charge on any atom is -0.362 e. The van der Waals surface area contributed by atoms with Crippen molar-refractivity contribution in [3.8, 4) is 0 Å². The summed E-state index contributed by atoms with van der Waals surface area (Å²) in [5.74, 6) is 0.0875. The Bertz CT molecular complexity index is 563. The van der Waals surface area contributed by atoms with Crippen molar-refractivity contribution in [2.45, 2.75) is 32.7 Å². The second-order valence-electron chi connectivity index (χ2n) is 7.53. The molecule has 1 heterocycles. The molecule has 138 valence electrons. The highest BCUT2D eigenvalue weighted by atomic mass is 32.1. The molecule has 1 aliphatic rings. The van der Waals surface area contributed by atoms with Gasteiger partial charge in [-0.3, -0.25) is 9.69 Å². The van der Waals surface area contributed by atoms with Crippen molar-refractivity contribution < 1.29 is 4.79 Å². The van der Waals surface area contributed by atoms with Crippen LogP contribution in [0.3, 0.4) is 0 Å². The average molecular weight is 363 g/mol. The Kier molecular flexibility index (Phi) is 7.20. The zero-order chi connectivity index (χ0) is 18.3. The first-order valence-electron chi connectivity index (χ1n) is 8.93. The predicted octanol–water partition coefficient (Wildman–Crippen LogP) is 1.64. The van der Waals surface area contributed by atoms with Gasteiger partial charge in [-0.25, -0.2) is 0 Å². The lowest BCUT2D eigenvalue weighted by Crippen LogP contribution is -2.54. The van der Waals surface area contributed by atoms with Crippen LogP contribution in [-0.4, -0.2) is 65.6 Å². The summed E-state index contributed by atoms with van der Waals surface area (Å²) in [6, 6.07) is 10.4. The first-order valence-corrected chi connectivity index (χ1v) is 9.34. The van der Waals surface area contributed by atoms with Crippen LogP contribution in [-0.2, 0) is 11.2 Å². The van der Waals surface area contributed by atoms with Crippen LogP contribution in [0.1, 0.15) is 26.3 Å². The van der Waals surface area contributed by atoms with Crippen molar-refractivity contribution in [3.63, 3.8) is 0 Å². The second kappa shape index (κ2) is 9.15. The van der Waals surface area contributed by atoms with E-state index in [1.54, 1.807) is 0 Å². The van der Waals surface area contributed by atoms with Crippen molar-refractivity contribution in [2.24, 2.45) is 0 Å². The zero-order valence-corrected chi connectivity index (χ0v) is 16.4. The van der Waals surface area contributed by atoms with Crippen LogP contribution in [0.5, 0.6) is 0 Å². The number of carbonyl (C=O) groups is 1. The number of nitrogens with one attached hydrogen (secondary N) is 2. The molecule has 1 aliphatic heterocycles. The minimum absolute atomic E-state index is 0.0875. The van der Waals surface area contributed by atoms with Crippen molar-refractivity contribution in [2.75, 3.05) is 39.3 Å². The molecule has 2 N–H and O–H groups in total. The second-order valence-corrected chi connectivity index (χ2v) is 7.92. The molecule has 0 bridgehead atoms. The fourth-order valence-electron chi connectivity index (χ4n) is 2.84. The summed E-state index contributed by atoms with van der Waals surface area (Å²) in [6.07, 6.45) is 0.966. The summed E-state index contributed by atoms with van der Waals surface area (Å²) in [5, 5.41) is 7.17. The highest BCUT2D eigenvalue weighted by molar-refractivity contribution is 7.80. The Morgan fingerprint density at radius 3 is 2.36 bits per heavy atom. The van der Waals surface area contributed by atoms with Gasteiger partial charge in [-0.2, -0.15) is 0 Å². The van der Waals surface area contributed by atoms with Gasteiger partial charge in [0.05, 0.1) is 6.54 Å². The number of thiocarbonyl (C=S) groups is 1. The molecular formula is C19H30N4OS. The summed E-state index contributed by atoms with van der Waals surface area (Å²) < 4.78 is 0. The van der Waals surface area contributed by atoms with E-state index in [-0.39, 0.29) is 11.4 Å². The minimum atomic E-state index is -0.177. The molecule has 0 unspecified atom stereocenters. The molecule has 1 aromatic carbocycles. The number of hydrogen-bond acceptors (Lipinski definition) is 3. The van der Waals surface area contributed by atoms with Crippen LogP contribution in [0, 0.1) is 0 Å². The smallest absolute Gasteiger partial charge is 0.234 e. The molecular weight excluding hydrogens is 332 g/mol. The molecule has 0 aromatic heterocycles. The predicted molar refractivity (Wildman–Crippen MR) is 107 cm³/mol. The Morgan fingerprint density at radius 2 is 1.76 bits per heavy atom. The molecule has 1 aromatic rings. The molecule has 2 rings (SSSR count). The van der Waals surface area contributed by atoms with Crippen LogP contribution in [0.4, 0.5) is 0 Å². The van der Waals surface area contributed by atoms with Gasteiger partial charge in [0.15, 0.2) is 5.11 Å². The van der Waals surface area contributed by atoms with E-state index in [0.29, 0.717) is 6.54 Å². The number of hydrogen-bond donors (Lipinski definition) is 2. The third kappa shape index (κ3) is 7.40. The molecule has 0 atom stereocenters. The van der Waals surface area contributed by atoms with E-state index in [1.807, 2.05) is 26.8 Å².